The third kappa shape index (κ3) is 5.03. The van der Waals surface area contributed by atoms with E-state index < -0.39 is 28.4 Å². The van der Waals surface area contributed by atoms with Gasteiger partial charge in [-0.2, -0.15) is 0 Å². The lowest BCUT2D eigenvalue weighted by molar-refractivity contribution is -0.128. The third-order valence-corrected chi connectivity index (χ3v) is 7.46. The summed E-state index contributed by atoms with van der Waals surface area (Å²) in [6.45, 7) is 3.17. The molecule has 0 saturated carbocycles. The minimum atomic E-state index is -4.12. The number of carbonyl (C=O) groups is 2. The summed E-state index contributed by atoms with van der Waals surface area (Å²) >= 11 is 0. The van der Waals surface area contributed by atoms with Crippen LogP contribution in [0.3, 0.4) is 0 Å². The normalized spacial score (nSPS) is 15.0. The van der Waals surface area contributed by atoms with E-state index >= 15 is 0 Å². The molecular weight excluding hydrogens is 444 g/mol. The minimum absolute atomic E-state index is 0.0479. The van der Waals surface area contributed by atoms with Crippen LogP contribution in [0.4, 0.5) is 0 Å². The van der Waals surface area contributed by atoms with Crippen molar-refractivity contribution in [1.82, 2.24) is 9.62 Å². The topological polar surface area (TPSA) is 102 Å². The first-order valence-electron chi connectivity index (χ1n) is 10.6. The van der Waals surface area contributed by atoms with Crippen LogP contribution in [-0.4, -0.2) is 51.8 Å². The van der Waals surface area contributed by atoms with Crippen LogP contribution >= 0.6 is 0 Å². The summed E-state index contributed by atoms with van der Waals surface area (Å²) in [5.74, 6) is -0.0513. The molecule has 1 aliphatic rings. The maximum Gasteiger partial charge on any atom is 0.268 e. The van der Waals surface area contributed by atoms with Crippen molar-refractivity contribution in [2.75, 3.05) is 27.3 Å². The highest BCUT2D eigenvalue weighted by molar-refractivity contribution is 7.99. The van der Waals surface area contributed by atoms with Gasteiger partial charge in [0.1, 0.15) is 11.4 Å². The number of methoxy groups -OCH3 is 2. The molecular formula is C24H28N2O6S. The molecule has 176 valence electrons. The molecule has 0 aromatic heterocycles. The molecule has 0 radical (unpaired) electrons. The van der Waals surface area contributed by atoms with Crippen molar-refractivity contribution in [1.29, 1.82) is 0 Å². The second-order valence-corrected chi connectivity index (χ2v) is 9.41. The van der Waals surface area contributed by atoms with Gasteiger partial charge in [0.15, 0.2) is 11.5 Å². The number of ether oxygens (including phenoxy) is 2. The van der Waals surface area contributed by atoms with Gasteiger partial charge in [0.05, 0.1) is 14.2 Å². The number of sulfonamides is 1. The average Bonchev–Trinajstić information content (AvgIpc) is 2.98. The lowest BCUT2D eigenvalue weighted by Crippen LogP contribution is -2.41. The highest BCUT2D eigenvalue weighted by Gasteiger charge is 2.43. The van der Waals surface area contributed by atoms with Gasteiger partial charge in [0.25, 0.3) is 15.9 Å². The van der Waals surface area contributed by atoms with Crippen LogP contribution in [0, 0.1) is 0 Å². The maximum atomic E-state index is 13.1. The van der Waals surface area contributed by atoms with E-state index in [1.165, 1.54) is 6.92 Å². The van der Waals surface area contributed by atoms with Gasteiger partial charge in [0, 0.05) is 12.1 Å². The molecule has 0 unspecified atom stereocenters. The van der Waals surface area contributed by atoms with Gasteiger partial charge in [-0.3, -0.25) is 9.59 Å². The predicted molar refractivity (Wildman–Crippen MR) is 125 cm³/mol. The summed E-state index contributed by atoms with van der Waals surface area (Å²) in [4.78, 5) is 25.1. The standard InChI is InChI=1S/C24H28N2O6S/c1-5-17-6-9-19(10-7-17)23-16(2)24(28)26(33(23,29)30)15-22(27)25-13-12-18-8-11-20(31-3)21(14-18)32-4/h6-11,14H,5,12-13,15H2,1-4H3,(H,25,27). The Balaban J connectivity index is 1.65. The van der Waals surface area contributed by atoms with E-state index in [2.05, 4.69) is 5.32 Å². The number of carbonyl (C=O) groups excluding carboxylic acids is 2. The number of benzene rings is 2. The summed E-state index contributed by atoms with van der Waals surface area (Å²) in [5, 5.41) is 2.68. The summed E-state index contributed by atoms with van der Waals surface area (Å²) in [5.41, 5.74) is 2.52. The molecule has 0 spiro atoms. The smallest absolute Gasteiger partial charge is 0.268 e. The molecule has 2 amide bonds. The Morgan fingerprint density at radius 2 is 1.64 bits per heavy atom. The van der Waals surface area contributed by atoms with Gasteiger partial charge in [-0.15, -0.1) is 0 Å². The van der Waals surface area contributed by atoms with E-state index in [9.17, 15) is 18.0 Å². The summed E-state index contributed by atoms with van der Waals surface area (Å²) in [7, 11) is -1.03. The Hall–Kier alpha value is -3.33. The Bertz CT molecular complexity index is 1190. The van der Waals surface area contributed by atoms with Gasteiger partial charge < -0.3 is 14.8 Å². The summed E-state index contributed by atoms with van der Waals surface area (Å²) < 4.78 is 37.3. The zero-order valence-corrected chi connectivity index (χ0v) is 20.0. The lowest BCUT2D eigenvalue weighted by atomic mass is 10.1. The quantitative estimate of drug-likeness (QED) is 0.602. The van der Waals surface area contributed by atoms with E-state index in [1.807, 2.05) is 31.2 Å². The summed E-state index contributed by atoms with van der Waals surface area (Å²) in [6, 6.07) is 12.5. The van der Waals surface area contributed by atoms with Crippen LogP contribution in [0.2, 0.25) is 0 Å². The predicted octanol–water partition coefficient (Wildman–Crippen LogP) is 2.53. The van der Waals surface area contributed by atoms with Crippen molar-refractivity contribution in [3.8, 4) is 11.5 Å². The fraction of sp³-hybridized carbons (Fsp3) is 0.333. The lowest BCUT2D eigenvalue weighted by Gasteiger charge is -2.16. The average molecular weight is 473 g/mol. The Morgan fingerprint density at radius 1 is 1.00 bits per heavy atom. The van der Waals surface area contributed by atoms with Crippen LogP contribution < -0.4 is 14.8 Å². The number of nitrogens with zero attached hydrogens (tertiary/aromatic N) is 1. The number of hydrogen-bond donors (Lipinski definition) is 1. The Labute approximate surface area is 194 Å². The molecule has 1 heterocycles. The highest BCUT2D eigenvalue weighted by Crippen LogP contribution is 2.35. The van der Waals surface area contributed by atoms with E-state index in [1.54, 1.807) is 32.4 Å². The van der Waals surface area contributed by atoms with Crippen molar-refractivity contribution in [3.05, 3.63) is 64.7 Å². The second-order valence-electron chi connectivity index (χ2n) is 7.61. The number of amides is 2. The van der Waals surface area contributed by atoms with Crippen LogP contribution in [0.15, 0.2) is 48.0 Å². The van der Waals surface area contributed by atoms with Crippen molar-refractivity contribution in [2.45, 2.75) is 26.7 Å². The van der Waals surface area contributed by atoms with E-state index in [4.69, 9.17) is 9.47 Å². The molecule has 1 N–H and O–H groups in total. The molecule has 0 saturated heterocycles. The molecule has 0 bridgehead atoms. The van der Waals surface area contributed by atoms with Crippen LogP contribution in [0.1, 0.15) is 30.5 Å². The van der Waals surface area contributed by atoms with E-state index in [0.29, 0.717) is 27.8 Å². The first kappa shape index (κ1) is 24.3. The SMILES string of the molecule is CCc1ccc(C2=C(C)C(=O)N(CC(=O)NCCc3ccc(OC)c(OC)c3)S2(=O)=O)cc1. The van der Waals surface area contributed by atoms with Gasteiger partial charge in [-0.1, -0.05) is 37.3 Å². The zero-order chi connectivity index (χ0) is 24.2. The molecule has 0 atom stereocenters. The van der Waals surface area contributed by atoms with Gasteiger partial charge in [0.2, 0.25) is 5.91 Å². The molecule has 3 rings (SSSR count). The first-order chi connectivity index (χ1) is 15.7. The molecule has 33 heavy (non-hydrogen) atoms. The molecule has 2 aromatic rings. The summed E-state index contributed by atoms with van der Waals surface area (Å²) in [6.07, 6.45) is 1.32. The van der Waals surface area contributed by atoms with Crippen molar-refractivity contribution < 1.29 is 27.5 Å². The van der Waals surface area contributed by atoms with Crippen LogP contribution in [0.25, 0.3) is 4.91 Å². The minimum Gasteiger partial charge on any atom is -0.493 e. The molecule has 0 fully saturated rings. The third-order valence-electron chi connectivity index (χ3n) is 5.53. The fourth-order valence-electron chi connectivity index (χ4n) is 3.68. The number of nitrogens with one attached hydrogen (secondary N) is 1. The second kappa shape index (κ2) is 10.1. The number of aryl methyl sites for hydroxylation is 1. The van der Waals surface area contributed by atoms with Gasteiger partial charge in [-0.05, 0) is 48.6 Å². The molecule has 0 aliphatic carbocycles. The van der Waals surface area contributed by atoms with Gasteiger partial charge >= 0.3 is 0 Å². The fourth-order valence-corrected chi connectivity index (χ4v) is 5.45. The van der Waals surface area contributed by atoms with Crippen molar-refractivity contribution in [2.24, 2.45) is 0 Å². The Kier molecular flexibility index (Phi) is 7.43. The highest BCUT2D eigenvalue weighted by atomic mass is 32.2. The molecule has 1 aliphatic heterocycles. The van der Waals surface area contributed by atoms with Crippen molar-refractivity contribution in [3.63, 3.8) is 0 Å². The number of rotatable bonds is 9. The maximum absolute atomic E-state index is 13.1. The van der Waals surface area contributed by atoms with Crippen LogP contribution in [0.5, 0.6) is 11.5 Å². The van der Waals surface area contributed by atoms with E-state index in [0.717, 1.165) is 17.5 Å². The Morgan fingerprint density at radius 3 is 2.24 bits per heavy atom. The van der Waals surface area contributed by atoms with Crippen LogP contribution in [-0.2, 0) is 32.5 Å². The molecule has 9 heteroatoms. The number of hydrogen-bond acceptors (Lipinski definition) is 6. The van der Waals surface area contributed by atoms with Crippen molar-refractivity contribution >= 4 is 26.7 Å². The van der Waals surface area contributed by atoms with Gasteiger partial charge in [-0.25, -0.2) is 12.7 Å². The molecule has 8 nitrogen and oxygen atoms in total. The van der Waals surface area contributed by atoms with E-state index in [-0.39, 0.29) is 17.0 Å². The monoisotopic (exact) mass is 472 g/mol. The zero-order valence-electron chi connectivity index (χ0n) is 19.2. The largest absolute Gasteiger partial charge is 0.493 e. The molecule has 2 aromatic carbocycles. The first-order valence-corrected chi connectivity index (χ1v) is 12.0.